The number of amides is 1. The highest BCUT2D eigenvalue weighted by molar-refractivity contribution is 5.85. The number of rotatable bonds is 9. The Balaban J connectivity index is 0. The van der Waals surface area contributed by atoms with E-state index in [1.807, 2.05) is 14.0 Å². The van der Waals surface area contributed by atoms with E-state index < -0.39 is 0 Å². The van der Waals surface area contributed by atoms with Crippen LogP contribution < -0.4 is 11.1 Å². The molecule has 0 radical (unpaired) electrons. The molecule has 0 aromatic rings. The summed E-state index contributed by atoms with van der Waals surface area (Å²) in [5, 5.41) is 2.83. The monoisotopic (exact) mass is 267 g/mol. The Morgan fingerprint density at radius 3 is 2.65 bits per heavy atom. The van der Waals surface area contributed by atoms with Crippen LogP contribution in [0, 0.1) is 0 Å². The summed E-state index contributed by atoms with van der Waals surface area (Å²) in [6, 6.07) is -0.366. The van der Waals surface area contributed by atoms with Gasteiger partial charge in [0, 0.05) is 26.7 Å². The minimum absolute atomic E-state index is 0. The van der Waals surface area contributed by atoms with Crippen molar-refractivity contribution in [3.63, 3.8) is 0 Å². The lowest BCUT2D eigenvalue weighted by Gasteiger charge is -2.17. The Kier molecular flexibility index (Phi) is 13.5. The van der Waals surface area contributed by atoms with Crippen LogP contribution in [0.1, 0.15) is 19.8 Å². The molecule has 6 heteroatoms. The Morgan fingerprint density at radius 1 is 1.47 bits per heavy atom. The average Bonchev–Trinajstić information content (AvgIpc) is 2.26. The van der Waals surface area contributed by atoms with Gasteiger partial charge < -0.3 is 20.7 Å². The summed E-state index contributed by atoms with van der Waals surface area (Å²) in [7, 11) is 3.68. The van der Waals surface area contributed by atoms with Gasteiger partial charge in [-0.05, 0) is 13.5 Å². The fraction of sp³-hybridized carbons (Fsp3) is 0.909. The summed E-state index contributed by atoms with van der Waals surface area (Å²) < 4.78 is 4.96. The van der Waals surface area contributed by atoms with Crippen molar-refractivity contribution in [3.05, 3.63) is 0 Å². The van der Waals surface area contributed by atoms with Gasteiger partial charge in [0.05, 0.1) is 12.6 Å². The number of methoxy groups -OCH3 is 1. The number of nitrogens with zero attached hydrogens (tertiary/aromatic N) is 1. The van der Waals surface area contributed by atoms with E-state index in [0.29, 0.717) is 13.2 Å². The van der Waals surface area contributed by atoms with E-state index in [1.165, 1.54) is 0 Å². The van der Waals surface area contributed by atoms with Gasteiger partial charge in [-0.1, -0.05) is 13.3 Å². The maximum atomic E-state index is 11.4. The number of ether oxygens (including phenoxy) is 1. The van der Waals surface area contributed by atoms with E-state index >= 15 is 0 Å². The number of halogens is 1. The number of carbonyl (C=O) groups is 1. The van der Waals surface area contributed by atoms with E-state index in [9.17, 15) is 4.79 Å². The van der Waals surface area contributed by atoms with Crippen LogP contribution in [0.5, 0.6) is 0 Å². The standard InChI is InChI=1S/C11H25N3O2.ClH/c1-4-5-10(12)11(15)13-6-7-14(2)8-9-16-3;/h10H,4-9,12H2,1-3H3,(H,13,15);1H. The van der Waals surface area contributed by atoms with Crippen LogP contribution in [0.15, 0.2) is 0 Å². The van der Waals surface area contributed by atoms with Crippen molar-refractivity contribution < 1.29 is 9.53 Å². The quantitative estimate of drug-likeness (QED) is 0.628. The number of hydrogen-bond donors (Lipinski definition) is 2. The van der Waals surface area contributed by atoms with Gasteiger partial charge in [0.2, 0.25) is 5.91 Å². The smallest absolute Gasteiger partial charge is 0.236 e. The third-order valence-corrected chi connectivity index (χ3v) is 2.41. The zero-order valence-corrected chi connectivity index (χ0v) is 11.9. The molecular formula is C11H26ClN3O2. The molecule has 0 spiro atoms. The topological polar surface area (TPSA) is 67.6 Å². The molecule has 1 unspecified atom stereocenters. The molecule has 17 heavy (non-hydrogen) atoms. The molecule has 0 aliphatic heterocycles. The number of hydrogen-bond acceptors (Lipinski definition) is 4. The lowest BCUT2D eigenvalue weighted by molar-refractivity contribution is -0.122. The summed E-state index contributed by atoms with van der Waals surface area (Å²) in [5.74, 6) is -0.0537. The van der Waals surface area contributed by atoms with E-state index in [-0.39, 0.29) is 24.4 Å². The molecule has 1 amide bonds. The molecule has 0 bridgehead atoms. The second-order valence-electron chi connectivity index (χ2n) is 3.98. The molecule has 5 nitrogen and oxygen atoms in total. The van der Waals surface area contributed by atoms with Crippen molar-refractivity contribution in [1.82, 2.24) is 10.2 Å². The van der Waals surface area contributed by atoms with Gasteiger partial charge in [0.15, 0.2) is 0 Å². The molecule has 0 saturated heterocycles. The summed E-state index contributed by atoms with van der Waals surface area (Å²) in [4.78, 5) is 13.6. The van der Waals surface area contributed by atoms with Gasteiger partial charge >= 0.3 is 0 Å². The summed E-state index contributed by atoms with van der Waals surface area (Å²) in [6.45, 7) is 5.04. The second kappa shape index (κ2) is 12.1. The third kappa shape index (κ3) is 10.5. The number of nitrogens with two attached hydrogens (primary N) is 1. The van der Waals surface area contributed by atoms with Crippen molar-refractivity contribution in [1.29, 1.82) is 0 Å². The molecule has 104 valence electrons. The highest BCUT2D eigenvalue weighted by atomic mass is 35.5. The van der Waals surface area contributed by atoms with E-state index in [1.54, 1.807) is 7.11 Å². The fourth-order valence-electron chi connectivity index (χ4n) is 1.30. The number of carbonyl (C=O) groups excluding carboxylic acids is 1. The van der Waals surface area contributed by atoms with Crippen LogP contribution in [0.4, 0.5) is 0 Å². The van der Waals surface area contributed by atoms with E-state index in [4.69, 9.17) is 10.5 Å². The third-order valence-electron chi connectivity index (χ3n) is 2.41. The minimum Gasteiger partial charge on any atom is -0.383 e. The average molecular weight is 268 g/mol. The van der Waals surface area contributed by atoms with Gasteiger partial charge in [0.1, 0.15) is 0 Å². The Bertz CT molecular complexity index is 194. The van der Waals surface area contributed by atoms with Crippen LogP contribution in [-0.2, 0) is 9.53 Å². The van der Waals surface area contributed by atoms with E-state index in [2.05, 4.69) is 10.2 Å². The molecule has 0 saturated carbocycles. The normalized spacial score (nSPS) is 12.1. The van der Waals surface area contributed by atoms with Gasteiger partial charge in [-0.3, -0.25) is 4.79 Å². The van der Waals surface area contributed by atoms with Crippen molar-refractivity contribution in [2.45, 2.75) is 25.8 Å². The maximum absolute atomic E-state index is 11.4. The Morgan fingerprint density at radius 2 is 2.12 bits per heavy atom. The molecule has 0 fully saturated rings. The van der Waals surface area contributed by atoms with Gasteiger partial charge in [-0.15, -0.1) is 12.4 Å². The van der Waals surface area contributed by atoms with Crippen LogP contribution in [0.25, 0.3) is 0 Å². The van der Waals surface area contributed by atoms with Crippen LogP contribution >= 0.6 is 12.4 Å². The first kappa shape index (κ1) is 19.0. The lowest BCUT2D eigenvalue weighted by Crippen LogP contribution is -2.43. The molecule has 0 aliphatic rings. The predicted molar refractivity (Wildman–Crippen MR) is 72.5 cm³/mol. The first-order valence-electron chi connectivity index (χ1n) is 5.82. The highest BCUT2D eigenvalue weighted by Gasteiger charge is 2.11. The highest BCUT2D eigenvalue weighted by Crippen LogP contribution is 1.92. The van der Waals surface area contributed by atoms with Crippen molar-refractivity contribution >= 4 is 18.3 Å². The molecule has 0 aromatic heterocycles. The molecule has 0 heterocycles. The van der Waals surface area contributed by atoms with Gasteiger partial charge in [-0.25, -0.2) is 0 Å². The molecule has 1 atom stereocenters. The van der Waals surface area contributed by atoms with Gasteiger partial charge in [-0.2, -0.15) is 0 Å². The minimum atomic E-state index is -0.366. The van der Waals surface area contributed by atoms with Crippen LogP contribution in [-0.4, -0.2) is 57.2 Å². The van der Waals surface area contributed by atoms with Crippen LogP contribution in [0.3, 0.4) is 0 Å². The second-order valence-corrected chi connectivity index (χ2v) is 3.98. The number of likely N-dealkylation sites (N-methyl/N-ethyl adjacent to an activating group) is 1. The van der Waals surface area contributed by atoms with Crippen molar-refractivity contribution in [2.24, 2.45) is 5.73 Å². The predicted octanol–water partition coefficient (Wildman–Crippen LogP) is 0.230. The first-order valence-corrected chi connectivity index (χ1v) is 5.82. The molecule has 3 N–H and O–H groups in total. The summed E-state index contributed by atoms with van der Waals surface area (Å²) in [6.07, 6.45) is 1.67. The van der Waals surface area contributed by atoms with Crippen molar-refractivity contribution in [3.8, 4) is 0 Å². The molecule has 0 rings (SSSR count). The molecule has 0 aliphatic carbocycles. The molecular weight excluding hydrogens is 242 g/mol. The largest absolute Gasteiger partial charge is 0.383 e. The Hall–Kier alpha value is -0.360. The summed E-state index contributed by atoms with van der Waals surface area (Å²) in [5.41, 5.74) is 5.68. The Labute approximate surface area is 110 Å². The fourth-order valence-corrected chi connectivity index (χ4v) is 1.30. The summed E-state index contributed by atoms with van der Waals surface area (Å²) >= 11 is 0. The van der Waals surface area contributed by atoms with E-state index in [0.717, 1.165) is 25.9 Å². The zero-order chi connectivity index (χ0) is 12.4. The molecule has 0 aromatic carbocycles. The first-order chi connectivity index (χ1) is 7.61. The number of nitrogens with one attached hydrogen (secondary N) is 1. The van der Waals surface area contributed by atoms with Gasteiger partial charge in [0.25, 0.3) is 0 Å². The lowest BCUT2D eigenvalue weighted by atomic mass is 10.2. The zero-order valence-electron chi connectivity index (χ0n) is 11.1. The SMILES string of the molecule is CCCC(N)C(=O)NCCN(C)CCOC.Cl. The van der Waals surface area contributed by atoms with Crippen molar-refractivity contribution in [2.75, 3.05) is 40.4 Å². The van der Waals surface area contributed by atoms with Crippen LogP contribution in [0.2, 0.25) is 0 Å². The maximum Gasteiger partial charge on any atom is 0.236 e.